The fourth-order valence-electron chi connectivity index (χ4n) is 10.2. The van der Waals surface area contributed by atoms with Crippen LogP contribution < -0.4 is 36.4 Å². The highest BCUT2D eigenvalue weighted by molar-refractivity contribution is 7.92. The lowest BCUT2D eigenvalue weighted by atomic mass is 10.1. The lowest BCUT2D eigenvalue weighted by Gasteiger charge is -2.09. The molecule has 0 aliphatic carbocycles. The molecule has 0 atom stereocenters. The molecule has 0 bridgehead atoms. The standard InChI is InChI=1S/C22H14ClN7O3.C21H14ClN7O4S.C16H12ClN7O4S.C8H6N2O2/c23-13-6-8-17(15(10-13)20-26-29-30-27-20)25-22(32)19-16-11-14(7-9-18(16)33-28-19)24-21(31)12-4-2-1-3-5-12;22-12-6-8-17(15(10-12)20-24-28-29-25-20)23-21(30)19-16-11-13(7-9-18(16)33-26-19)27-34(31,32)14-4-2-1-3-5-14;1-29(26,27)22-9-3-5-13-11(7-9)14(21-28-13)16(25)18-12-4-2-8(17)6-10(12)15-19-23-24-20-15;9-8(11)7-5-3-1-2-4-6(5)10-12-7/h1-11H,(H,24,31)(H,25,32)(H,26,27,29,30);1-11,27H,(H,23,30)(H,24,25,28,29);2-7,22H,1H3,(H,18,25)(H,19,20,23,24);1-4H,(H2,9,11). The Morgan fingerprint density at radius 3 is 1.22 bits per heavy atom. The molecule has 108 heavy (non-hydrogen) atoms. The number of sulfonamides is 2. The molecule has 41 heteroatoms. The molecule has 0 saturated carbocycles. The number of hydrogen-bond acceptors (Lipinski definition) is 26. The molecule has 7 aromatic heterocycles. The monoisotopic (exact) mass is 1550 g/mol. The minimum atomic E-state index is -3.82. The summed E-state index contributed by atoms with van der Waals surface area (Å²) in [6, 6.07) is 52.2. The summed E-state index contributed by atoms with van der Waals surface area (Å²) in [5, 5.41) is 70.0. The molecule has 0 aliphatic rings. The molecule has 7 heterocycles. The van der Waals surface area contributed by atoms with Gasteiger partial charge in [0.2, 0.25) is 15.8 Å². The second-order valence-corrected chi connectivity index (χ2v) is 27.2. The first-order valence-corrected chi connectivity index (χ1v) is 35.4. The van der Waals surface area contributed by atoms with Crippen LogP contribution in [-0.4, -0.2) is 135 Å². The molecule has 0 saturated heterocycles. The Bertz CT molecular complexity index is 6270. The van der Waals surface area contributed by atoms with Crippen molar-refractivity contribution in [2.75, 3.05) is 37.0 Å². The number of primary amides is 1. The Balaban J connectivity index is 0.000000133. The number of carbonyl (C=O) groups excluding carboxylic acids is 5. The molecule has 36 nitrogen and oxygen atoms in total. The van der Waals surface area contributed by atoms with Gasteiger partial charge in [0.05, 0.1) is 49.8 Å². The highest BCUT2D eigenvalue weighted by atomic mass is 35.5. The van der Waals surface area contributed by atoms with Crippen molar-refractivity contribution >= 4 is 162 Å². The van der Waals surface area contributed by atoms with Crippen LogP contribution in [0.15, 0.2) is 217 Å². The van der Waals surface area contributed by atoms with Gasteiger partial charge in [-0.05, 0) is 177 Å². The largest absolute Gasteiger partial charge is 0.363 e. The van der Waals surface area contributed by atoms with Gasteiger partial charge in [-0.2, -0.15) is 0 Å². The number of rotatable bonds is 17. The molecule has 5 amide bonds. The van der Waals surface area contributed by atoms with E-state index in [9.17, 15) is 40.8 Å². The Hall–Kier alpha value is -14.2. The number of nitrogens with one attached hydrogen (secondary N) is 9. The van der Waals surface area contributed by atoms with Gasteiger partial charge in [-0.25, -0.2) is 32.1 Å². The predicted molar refractivity (Wildman–Crippen MR) is 392 cm³/mol. The third-order valence-electron chi connectivity index (χ3n) is 15.1. The molecule has 0 fully saturated rings. The van der Waals surface area contributed by atoms with Gasteiger partial charge in [-0.15, -0.1) is 15.3 Å². The maximum atomic E-state index is 13.0. The first-order valence-electron chi connectivity index (χ1n) is 30.9. The number of nitrogens with zero attached hydrogens (tertiary/aromatic N) is 13. The Labute approximate surface area is 619 Å². The zero-order valence-corrected chi connectivity index (χ0v) is 58.5. The number of nitrogens with two attached hydrogens (primary N) is 1. The summed E-state index contributed by atoms with van der Waals surface area (Å²) in [5.74, 6) is -1.47. The lowest BCUT2D eigenvalue weighted by Crippen LogP contribution is -2.14. The highest BCUT2D eigenvalue weighted by Crippen LogP contribution is 2.34. The molecule has 0 radical (unpaired) electrons. The molecule has 16 rings (SSSR count). The molecule has 11 N–H and O–H groups in total. The molecular weight excluding hydrogens is 1510 g/mol. The van der Waals surface area contributed by atoms with Gasteiger partial charge in [0.1, 0.15) is 5.52 Å². The van der Waals surface area contributed by atoms with E-state index in [1.807, 2.05) is 12.1 Å². The quantitative estimate of drug-likeness (QED) is 0.0405. The molecule has 0 spiro atoms. The summed E-state index contributed by atoms with van der Waals surface area (Å²) >= 11 is 18.2. The van der Waals surface area contributed by atoms with Gasteiger partial charge >= 0.3 is 0 Å². The normalized spacial score (nSPS) is 11.1. The van der Waals surface area contributed by atoms with Crippen molar-refractivity contribution in [3.8, 4) is 34.2 Å². The summed E-state index contributed by atoms with van der Waals surface area (Å²) in [5.41, 5.74) is 10.9. The zero-order chi connectivity index (χ0) is 75.6. The minimum Gasteiger partial charge on any atom is -0.363 e. The Morgan fingerprint density at radius 1 is 0.407 bits per heavy atom. The van der Waals surface area contributed by atoms with Crippen molar-refractivity contribution in [3.63, 3.8) is 0 Å². The van der Waals surface area contributed by atoms with Crippen LogP contribution in [0.5, 0.6) is 0 Å². The van der Waals surface area contributed by atoms with Crippen LogP contribution in [-0.2, 0) is 20.0 Å². The van der Waals surface area contributed by atoms with E-state index < -0.39 is 43.7 Å². The summed E-state index contributed by atoms with van der Waals surface area (Å²) in [7, 11) is -7.30. The maximum absolute atomic E-state index is 13.0. The van der Waals surface area contributed by atoms with Crippen LogP contribution in [0, 0.1) is 0 Å². The number of carbonyl (C=O) groups is 5. The van der Waals surface area contributed by atoms with Crippen LogP contribution in [0.4, 0.5) is 34.1 Å². The third kappa shape index (κ3) is 16.9. The van der Waals surface area contributed by atoms with Gasteiger partial charge in [0.25, 0.3) is 39.6 Å². The highest BCUT2D eigenvalue weighted by Gasteiger charge is 2.25. The number of amides is 5. The fourth-order valence-corrected chi connectivity index (χ4v) is 12.4. The van der Waals surface area contributed by atoms with E-state index in [4.69, 9.17) is 58.6 Å². The molecule has 9 aromatic carbocycles. The predicted octanol–water partition coefficient (Wildman–Crippen LogP) is 11.1. The van der Waals surface area contributed by atoms with E-state index in [1.165, 1.54) is 48.5 Å². The number of halogens is 3. The van der Waals surface area contributed by atoms with E-state index in [0.29, 0.717) is 121 Å². The first kappa shape index (κ1) is 72.2. The van der Waals surface area contributed by atoms with Gasteiger partial charge in [0, 0.05) is 54.4 Å². The van der Waals surface area contributed by atoms with E-state index in [0.717, 1.165) is 6.26 Å². The second-order valence-electron chi connectivity index (χ2n) is 22.4. The number of fused-ring (bicyclic) bond motifs is 4. The van der Waals surface area contributed by atoms with Crippen molar-refractivity contribution in [1.82, 2.24) is 82.5 Å². The van der Waals surface area contributed by atoms with Gasteiger partial charge in [-0.3, -0.25) is 33.4 Å². The van der Waals surface area contributed by atoms with Crippen molar-refractivity contribution in [3.05, 3.63) is 238 Å². The molecular formula is C67H46Cl3N23O13S2. The van der Waals surface area contributed by atoms with Crippen molar-refractivity contribution < 1.29 is 58.9 Å². The van der Waals surface area contributed by atoms with E-state index >= 15 is 0 Å². The zero-order valence-electron chi connectivity index (χ0n) is 54.6. The first-order chi connectivity index (χ1) is 52.1. The Kier molecular flexibility index (Phi) is 21.0. The van der Waals surface area contributed by atoms with Crippen LogP contribution in [0.3, 0.4) is 0 Å². The molecule has 540 valence electrons. The number of aromatic amines is 3. The van der Waals surface area contributed by atoms with Crippen LogP contribution in [0.2, 0.25) is 15.1 Å². The summed E-state index contributed by atoms with van der Waals surface area (Å²) < 4.78 is 73.5. The van der Waals surface area contributed by atoms with Gasteiger partial charge in [-0.1, -0.05) is 104 Å². The third-order valence-corrected chi connectivity index (χ3v) is 17.8. The lowest BCUT2D eigenvalue weighted by molar-refractivity contribution is 0.0964. The van der Waals surface area contributed by atoms with E-state index in [1.54, 1.807) is 133 Å². The molecule has 0 unspecified atom stereocenters. The van der Waals surface area contributed by atoms with Gasteiger partial charge < -0.3 is 45.1 Å². The van der Waals surface area contributed by atoms with Crippen LogP contribution in [0.1, 0.15) is 52.4 Å². The van der Waals surface area contributed by atoms with Crippen LogP contribution >= 0.6 is 34.8 Å². The van der Waals surface area contributed by atoms with Crippen molar-refractivity contribution in [2.24, 2.45) is 5.73 Å². The fraction of sp³-hybridized carbons (Fsp3) is 0.0149. The molecule has 16 aromatic rings. The number of benzene rings is 9. The van der Waals surface area contributed by atoms with Crippen molar-refractivity contribution in [1.29, 1.82) is 0 Å². The number of anilines is 6. The van der Waals surface area contributed by atoms with Crippen molar-refractivity contribution in [2.45, 2.75) is 4.90 Å². The Morgan fingerprint density at radius 2 is 0.806 bits per heavy atom. The number of hydrogen-bond donors (Lipinski definition) is 10. The smallest absolute Gasteiger partial charge is 0.287 e. The van der Waals surface area contributed by atoms with E-state index in [-0.39, 0.29) is 45.0 Å². The van der Waals surface area contributed by atoms with Gasteiger partial charge in [0.15, 0.2) is 51.3 Å². The van der Waals surface area contributed by atoms with E-state index in [2.05, 4.69) is 113 Å². The topological polar surface area (TPSA) is 519 Å². The summed E-state index contributed by atoms with van der Waals surface area (Å²) in [6.07, 6.45) is 1.03. The SMILES string of the molecule is CS(=O)(=O)Nc1ccc2onc(C(=O)Nc3ccc(Cl)cc3-c3nnn[nH]3)c2c1.NC(=O)c1onc2ccccc12.O=C(Nc1ccc(Cl)cc1-c1nnn[nH]1)c1noc2ccc(NS(=O)(=O)c3ccccc3)cc12.O=C(Nc1ccc2onc(C(=O)Nc3ccc(Cl)cc3-c3nnn[nH]3)c2c1)c1ccccc1. The average molecular weight is 1550 g/mol. The summed E-state index contributed by atoms with van der Waals surface area (Å²) in [6.45, 7) is 0. The maximum Gasteiger partial charge on any atom is 0.287 e. The second kappa shape index (κ2) is 31.4. The van der Waals surface area contributed by atoms with Crippen LogP contribution in [0.25, 0.3) is 78.0 Å². The molecule has 0 aliphatic heterocycles. The average Bonchev–Trinajstić information content (AvgIpc) is 1.62. The summed E-state index contributed by atoms with van der Waals surface area (Å²) in [4.78, 5) is 62.2. The number of tetrazole rings is 3. The number of aromatic nitrogens is 16. The number of H-pyrrole nitrogens is 3. The minimum absolute atomic E-state index is 0.0197.